The molecule has 1 aromatic heterocycles. The quantitative estimate of drug-likeness (QED) is 0.280. The topological polar surface area (TPSA) is 71.8 Å². The standard InChI is InChI=1S/C21H37IN2O5Si2/c1-20(2,3)30(7,8)26-12-13-16(29-31(9,10)21(4,5)6)17-18(27-13)24-14(22)11-15(25)23-19(24)28-17/h11,13,16-18H,12H2,1-10H3/t13-,16-,17+,18-/m1/s1. The van der Waals surface area contributed by atoms with Gasteiger partial charge in [-0.1, -0.05) is 41.5 Å². The Hall–Kier alpha value is -0.276. The second kappa shape index (κ2) is 8.19. The van der Waals surface area contributed by atoms with E-state index in [2.05, 4.69) is 95.3 Å². The average Bonchev–Trinajstić information content (AvgIpc) is 3.07. The van der Waals surface area contributed by atoms with Crippen molar-refractivity contribution in [1.82, 2.24) is 9.55 Å². The van der Waals surface area contributed by atoms with Crippen molar-refractivity contribution in [3.05, 3.63) is 20.1 Å². The van der Waals surface area contributed by atoms with Crippen LogP contribution in [0.1, 0.15) is 47.8 Å². The van der Waals surface area contributed by atoms with Crippen LogP contribution in [0.5, 0.6) is 6.01 Å². The molecule has 3 rings (SSSR count). The molecule has 10 heteroatoms. The lowest BCUT2D eigenvalue weighted by molar-refractivity contribution is -0.0392. The molecule has 1 saturated heterocycles. The highest BCUT2D eigenvalue weighted by Gasteiger charge is 2.56. The summed E-state index contributed by atoms with van der Waals surface area (Å²) in [5.74, 6) is 0. The molecule has 2 aliphatic rings. The minimum atomic E-state index is -2.11. The summed E-state index contributed by atoms with van der Waals surface area (Å²) in [4.78, 5) is 15.9. The van der Waals surface area contributed by atoms with Crippen molar-refractivity contribution < 1.29 is 18.3 Å². The number of hydrogen-bond acceptors (Lipinski definition) is 6. The van der Waals surface area contributed by atoms with E-state index >= 15 is 0 Å². The lowest BCUT2D eigenvalue weighted by Gasteiger charge is -2.41. The van der Waals surface area contributed by atoms with Gasteiger partial charge in [-0.2, -0.15) is 4.98 Å². The van der Waals surface area contributed by atoms with E-state index in [1.54, 1.807) is 0 Å². The Morgan fingerprint density at radius 1 is 1.10 bits per heavy atom. The maximum Gasteiger partial charge on any atom is 0.303 e. The van der Waals surface area contributed by atoms with E-state index in [4.69, 9.17) is 18.3 Å². The van der Waals surface area contributed by atoms with Gasteiger partial charge >= 0.3 is 6.01 Å². The van der Waals surface area contributed by atoms with Crippen molar-refractivity contribution in [1.29, 1.82) is 0 Å². The first-order valence-electron chi connectivity index (χ1n) is 10.9. The van der Waals surface area contributed by atoms with Crippen LogP contribution in [-0.2, 0) is 13.6 Å². The van der Waals surface area contributed by atoms with Gasteiger partial charge in [0.2, 0.25) is 0 Å². The average molecular weight is 581 g/mol. The summed E-state index contributed by atoms with van der Waals surface area (Å²) in [5.41, 5.74) is -0.310. The molecule has 0 N–H and O–H groups in total. The van der Waals surface area contributed by atoms with Gasteiger partial charge in [-0.15, -0.1) is 0 Å². The van der Waals surface area contributed by atoms with E-state index in [9.17, 15) is 4.79 Å². The molecule has 0 radical (unpaired) electrons. The number of hydrogen-bond donors (Lipinski definition) is 0. The lowest BCUT2D eigenvalue weighted by Crippen LogP contribution is -2.51. The smallest absolute Gasteiger partial charge is 0.303 e. The molecule has 0 saturated carbocycles. The Kier molecular flexibility index (Phi) is 6.70. The van der Waals surface area contributed by atoms with Gasteiger partial charge in [0, 0.05) is 6.07 Å². The molecule has 0 unspecified atom stereocenters. The summed E-state index contributed by atoms with van der Waals surface area (Å²) in [5, 5.41) is 0.155. The Morgan fingerprint density at radius 3 is 2.23 bits per heavy atom. The first-order chi connectivity index (χ1) is 13.9. The second-order valence-electron chi connectivity index (χ2n) is 11.6. The van der Waals surface area contributed by atoms with E-state index < -0.39 is 16.6 Å². The van der Waals surface area contributed by atoms with Gasteiger partial charge in [-0.3, -0.25) is 9.36 Å². The van der Waals surface area contributed by atoms with Crippen LogP contribution in [0.15, 0.2) is 10.9 Å². The summed E-state index contributed by atoms with van der Waals surface area (Å²) in [6.45, 7) is 22.8. The number of ether oxygens (including phenoxy) is 2. The Balaban J connectivity index is 1.91. The van der Waals surface area contributed by atoms with Crippen LogP contribution in [0.4, 0.5) is 0 Å². The van der Waals surface area contributed by atoms with Crippen molar-refractivity contribution in [2.75, 3.05) is 6.61 Å². The molecule has 1 aromatic rings. The molecule has 4 atom stereocenters. The van der Waals surface area contributed by atoms with Crippen LogP contribution >= 0.6 is 22.6 Å². The fourth-order valence-corrected chi connectivity index (χ4v) is 6.30. The fourth-order valence-electron chi connectivity index (χ4n) is 3.22. The molecular formula is C21H37IN2O5Si2. The lowest BCUT2D eigenvalue weighted by atomic mass is 10.1. The summed E-state index contributed by atoms with van der Waals surface area (Å²) < 4.78 is 28.6. The van der Waals surface area contributed by atoms with Crippen LogP contribution in [0.3, 0.4) is 0 Å². The van der Waals surface area contributed by atoms with Crippen molar-refractivity contribution in [2.24, 2.45) is 0 Å². The van der Waals surface area contributed by atoms with Crippen LogP contribution in [0.2, 0.25) is 36.3 Å². The largest absolute Gasteiger partial charge is 0.453 e. The summed E-state index contributed by atoms with van der Waals surface area (Å²) in [6, 6.07) is 1.81. The Morgan fingerprint density at radius 2 is 1.68 bits per heavy atom. The number of nitrogens with zero attached hydrogens (tertiary/aromatic N) is 2. The summed E-state index contributed by atoms with van der Waals surface area (Å²) in [6.07, 6.45) is -1.27. The summed E-state index contributed by atoms with van der Waals surface area (Å²) in [7, 11) is -4.06. The van der Waals surface area contributed by atoms with Crippen molar-refractivity contribution in [3.63, 3.8) is 0 Å². The molecule has 3 heterocycles. The minimum absolute atomic E-state index is 0.0450. The van der Waals surface area contributed by atoms with Gasteiger partial charge in [0.25, 0.3) is 5.56 Å². The van der Waals surface area contributed by atoms with E-state index in [1.807, 2.05) is 4.57 Å². The maximum atomic E-state index is 11.9. The third kappa shape index (κ3) is 4.84. The third-order valence-corrected chi connectivity index (χ3v) is 17.1. The number of halogens is 1. The van der Waals surface area contributed by atoms with Gasteiger partial charge in [-0.05, 0) is 58.9 Å². The second-order valence-corrected chi connectivity index (χ2v) is 22.3. The predicted molar refractivity (Wildman–Crippen MR) is 135 cm³/mol. The normalized spacial score (nSPS) is 26.5. The van der Waals surface area contributed by atoms with E-state index in [0.29, 0.717) is 12.6 Å². The van der Waals surface area contributed by atoms with Crippen LogP contribution < -0.4 is 10.3 Å². The highest BCUT2D eigenvalue weighted by atomic mass is 127. The van der Waals surface area contributed by atoms with Crippen LogP contribution in [0.25, 0.3) is 0 Å². The van der Waals surface area contributed by atoms with Crippen molar-refractivity contribution in [3.8, 4) is 6.01 Å². The molecule has 0 bridgehead atoms. The molecule has 1 fully saturated rings. The number of aromatic nitrogens is 2. The number of fused-ring (bicyclic) bond motifs is 3. The van der Waals surface area contributed by atoms with E-state index in [-0.39, 0.29) is 40.2 Å². The zero-order chi connectivity index (χ0) is 23.6. The molecule has 2 aliphatic heterocycles. The van der Waals surface area contributed by atoms with E-state index in [0.717, 1.165) is 3.70 Å². The first-order valence-corrected chi connectivity index (χ1v) is 17.8. The molecule has 7 nitrogen and oxygen atoms in total. The monoisotopic (exact) mass is 580 g/mol. The van der Waals surface area contributed by atoms with Gasteiger partial charge in [-0.25, -0.2) is 0 Å². The van der Waals surface area contributed by atoms with Gasteiger partial charge in [0.15, 0.2) is 29.0 Å². The molecule has 176 valence electrons. The fraction of sp³-hybridized carbons (Fsp3) is 0.810. The Labute approximate surface area is 201 Å². The van der Waals surface area contributed by atoms with E-state index in [1.165, 1.54) is 6.07 Å². The zero-order valence-corrected chi connectivity index (χ0v) is 24.6. The maximum absolute atomic E-state index is 11.9. The molecule has 0 aliphatic carbocycles. The SMILES string of the molecule is CC(C)(C)[Si](C)(C)OC[C@H]1O[C@@H]2[C@@H](Oc3nc(=O)cc(I)n32)[C@@H]1O[Si](C)(C)C(C)(C)C. The molecular weight excluding hydrogens is 543 g/mol. The van der Waals surface area contributed by atoms with Crippen molar-refractivity contribution >= 4 is 39.2 Å². The van der Waals surface area contributed by atoms with Gasteiger partial charge in [0.1, 0.15) is 12.2 Å². The highest BCUT2D eigenvalue weighted by molar-refractivity contribution is 14.1. The van der Waals surface area contributed by atoms with Crippen LogP contribution in [-0.4, -0.2) is 51.1 Å². The third-order valence-electron chi connectivity index (χ3n) is 7.32. The highest BCUT2D eigenvalue weighted by Crippen LogP contribution is 2.46. The van der Waals surface area contributed by atoms with Crippen LogP contribution in [0, 0.1) is 3.70 Å². The predicted octanol–water partition coefficient (Wildman–Crippen LogP) is 4.92. The molecule has 31 heavy (non-hydrogen) atoms. The minimum Gasteiger partial charge on any atom is -0.453 e. The zero-order valence-electron chi connectivity index (χ0n) is 20.4. The first kappa shape index (κ1) is 25.3. The van der Waals surface area contributed by atoms with Crippen molar-refractivity contribution in [2.45, 2.75) is 102 Å². The molecule has 0 aromatic carbocycles. The van der Waals surface area contributed by atoms with Gasteiger partial charge < -0.3 is 18.3 Å². The Bertz CT molecular complexity index is 891. The molecule has 0 spiro atoms. The summed E-state index contributed by atoms with van der Waals surface area (Å²) >= 11 is 2.13. The number of rotatable bonds is 5. The molecule has 0 amide bonds. The van der Waals surface area contributed by atoms with Gasteiger partial charge in [0.05, 0.1) is 10.3 Å².